The Morgan fingerprint density at radius 3 is 2.27 bits per heavy atom. The van der Waals surface area contributed by atoms with Crippen LogP contribution < -0.4 is 4.72 Å². The van der Waals surface area contributed by atoms with E-state index in [0.29, 0.717) is 19.8 Å². The van der Waals surface area contributed by atoms with Gasteiger partial charge < -0.3 is 13.9 Å². The van der Waals surface area contributed by atoms with Crippen LogP contribution in [0.1, 0.15) is 77.5 Å². The Balaban J connectivity index is 2.18. The zero-order chi connectivity index (χ0) is 23.0. The lowest BCUT2D eigenvalue weighted by atomic mass is 9.96. The molecule has 1 aliphatic rings. The Hall–Kier alpha value is -0.0931. The second-order valence-electron chi connectivity index (χ2n) is 11.5. The number of ether oxygens (including phenoxy) is 2. The van der Waals surface area contributed by atoms with E-state index < -0.39 is 19.3 Å². The molecule has 1 aromatic rings. The zero-order valence-corrected chi connectivity index (χ0v) is 23.0. The maximum atomic E-state index is 12.9. The summed E-state index contributed by atoms with van der Waals surface area (Å²) >= 11 is 1.65. The van der Waals surface area contributed by atoms with Crippen molar-refractivity contribution in [3.8, 4) is 0 Å². The molecule has 0 radical (unpaired) electrons. The molecule has 1 aromatic heterocycles. The summed E-state index contributed by atoms with van der Waals surface area (Å²) in [7, 11) is -3.12. The van der Waals surface area contributed by atoms with Crippen LogP contribution in [0.25, 0.3) is 0 Å². The fourth-order valence-electron chi connectivity index (χ4n) is 2.53. The molecule has 0 spiro atoms. The highest BCUT2D eigenvalue weighted by Crippen LogP contribution is 2.39. The molecule has 0 unspecified atom stereocenters. The van der Waals surface area contributed by atoms with Crippen LogP contribution in [0, 0.1) is 5.41 Å². The third-order valence-electron chi connectivity index (χ3n) is 5.70. The van der Waals surface area contributed by atoms with Crippen molar-refractivity contribution in [2.45, 2.75) is 90.6 Å². The van der Waals surface area contributed by atoms with Crippen LogP contribution in [-0.2, 0) is 24.9 Å². The molecule has 8 heteroatoms. The van der Waals surface area contributed by atoms with Gasteiger partial charge in [-0.15, -0.1) is 11.3 Å². The van der Waals surface area contributed by atoms with Crippen molar-refractivity contribution in [3.63, 3.8) is 0 Å². The van der Waals surface area contributed by atoms with Crippen LogP contribution in [0.4, 0.5) is 0 Å². The molecule has 0 bridgehead atoms. The molecule has 1 saturated heterocycles. The van der Waals surface area contributed by atoms with Crippen LogP contribution in [-0.4, -0.2) is 37.1 Å². The Bertz CT molecular complexity index is 724. The van der Waals surface area contributed by atoms with Crippen LogP contribution in [0.3, 0.4) is 0 Å². The Morgan fingerprint density at radius 1 is 1.20 bits per heavy atom. The number of hydrogen-bond acceptors (Lipinski definition) is 5. The molecular weight excluding hydrogens is 434 g/mol. The minimum Gasteiger partial charge on any atom is -0.415 e. The summed E-state index contributed by atoms with van der Waals surface area (Å²) in [5.41, 5.74) is 0.0430. The van der Waals surface area contributed by atoms with Crippen LogP contribution >= 0.6 is 11.3 Å². The molecule has 0 amide bonds. The van der Waals surface area contributed by atoms with Gasteiger partial charge in [-0.05, 0) is 51.0 Å². The van der Waals surface area contributed by atoms with Crippen LogP contribution in [0.2, 0.25) is 18.1 Å². The van der Waals surface area contributed by atoms with E-state index in [1.807, 2.05) is 20.8 Å². The third kappa shape index (κ3) is 6.95. The van der Waals surface area contributed by atoms with Crippen LogP contribution in [0.15, 0.2) is 12.1 Å². The second-order valence-corrected chi connectivity index (χ2v) is 19.4. The van der Waals surface area contributed by atoms with E-state index in [9.17, 15) is 4.21 Å². The van der Waals surface area contributed by atoms with Gasteiger partial charge in [0.15, 0.2) is 14.6 Å². The molecule has 30 heavy (non-hydrogen) atoms. The van der Waals surface area contributed by atoms with E-state index >= 15 is 0 Å². The van der Waals surface area contributed by atoms with Gasteiger partial charge in [-0.2, -0.15) is 0 Å². The zero-order valence-electron chi connectivity index (χ0n) is 20.4. The summed E-state index contributed by atoms with van der Waals surface area (Å²) in [5.74, 6) is 0. The molecule has 1 N–H and O–H groups in total. The van der Waals surface area contributed by atoms with Crippen molar-refractivity contribution in [2.75, 3.05) is 19.8 Å². The number of rotatable bonds is 7. The lowest BCUT2D eigenvalue weighted by Crippen LogP contribution is -2.44. The lowest BCUT2D eigenvalue weighted by molar-refractivity contribution is -0.224. The average molecular weight is 476 g/mol. The fourth-order valence-corrected chi connectivity index (χ4v) is 5.47. The molecule has 1 aliphatic heterocycles. The second kappa shape index (κ2) is 9.41. The predicted molar refractivity (Wildman–Crippen MR) is 130 cm³/mol. The molecule has 2 atom stereocenters. The molecule has 5 nitrogen and oxygen atoms in total. The summed E-state index contributed by atoms with van der Waals surface area (Å²) in [6.07, 6.45) is -0.327. The maximum Gasteiger partial charge on any atom is 0.193 e. The first kappa shape index (κ1) is 26.2. The van der Waals surface area contributed by atoms with Gasteiger partial charge >= 0.3 is 0 Å². The maximum absolute atomic E-state index is 12.9. The highest BCUT2D eigenvalue weighted by molar-refractivity contribution is 7.84. The topological polar surface area (TPSA) is 56.8 Å². The predicted octanol–water partition coefficient (Wildman–Crippen LogP) is 5.93. The average Bonchev–Trinajstić information content (AvgIpc) is 3.06. The van der Waals surface area contributed by atoms with Gasteiger partial charge in [-0.1, -0.05) is 34.6 Å². The smallest absolute Gasteiger partial charge is 0.193 e. The number of hydrogen-bond donors (Lipinski definition) is 1. The van der Waals surface area contributed by atoms with E-state index in [-0.39, 0.29) is 27.5 Å². The normalized spacial score (nSPS) is 20.9. The third-order valence-corrected chi connectivity index (χ3v) is 13.0. The van der Waals surface area contributed by atoms with Crippen molar-refractivity contribution >= 4 is 30.6 Å². The Labute approximate surface area is 191 Å². The molecule has 1 fully saturated rings. The van der Waals surface area contributed by atoms with Crippen LogP contribution in [0.5, 0.6) is 0 Å². The quantitative estimate of drug-likeness (QED) is 0.496. The van der Waals surface area contributed by atoms with Crippen molar-refractivity contribution < 1.29 is 18.1 Å². The molecule has 0 aromatic carbocycles. The number of nitrogens with one attached hydrogen (secondary N) is 1. The lowest BCUT2D eigenvalue weighted by Gasteiger charge is -2.37. The minimum atomic E-state index is -1.92. The molecule has 2 heterocycles. The van der Waals surface area contributed by atoms with Gasteiger partial charge in [0.05, 0.1) is 46.5 Å². The Kier molecular flexibility index (Phi) is 8.21. The summed E-state index contributed by atoms with van der Waals surface area (Å²) in [6.45, 7) is 23.3. The largest absolute Gasteiger partial charge is 0.415 e. The first-order chi connectivity index (χ1) is 13.5. The van der Waals surface area contributed by atoms with Gasteiger partial charge in [-0.25, -0.2) is 8.93 Å². The van der Waals surface area contributed by atoms with Crippen molar-refractivity contribution in [1.82, 2.24) is 4.72 Å². The highest BCUT2D eigenvalue weighted by Gasteiger charge is 2.38. The minimum absolute atomic E-state index is 0.0430. The molecule has 0 saturated carbocycles. The first-order valence-electron chi connectivity index (χ1n) is 10.7. The summed E-state index contributed by atoms with van der Waals surface area (Å²) < 4.78 is 34.2. The summed E-state index contributed by atoms with van der Waals surface area (Å²) in [6, 6.07) is 4.00. The standard InChI is InChI=1S/C22H41NO4S2Si/c1-20(2,3)29(24)23-16(13-27-30(9,10)21(4,5)6)17-11-12-18(28-17)19-25-14-22(7,8)15-26-19/h11-12,16,19,23H,13-15H2,1-10H3/t16-,29+/m1/s1. The van der Waals surface area contributed by atoms with Gasteiger partial charge in [0, 0.05) is 10.3 Å². The first-order valence-corrected chi connectivity index (χ1v) is 15.5. The van der Waals surface area contributed by atoms with E-state index in [2.05, 4.69) is 64.6 Å². The van der Waals surface area contributed by atoms with Gasteiger partial charge in [-0.3, -0.25) is 0 Å². The Morgan fingerprint density at radius 2 is 1.77 bits per heavy atom. The van der Waals surface area contributed by atoms with E-state index in [4.69, 9.17) is 13.9 Å². The highest BCUT2D eigenvalue weighted by atomic mass is 32.2. The van der Waals surface area contributed by atoms with Crippen molar-refractivity contribution in [1.29, 1.82) is 0 Å². The van der Waals surface area contributed by atoms with E-state index in [1.54, 1.807) is 11.3 Å². The van der Waals surface area contributed by atoms with Crippen molar-refractivity contribution in [2.24, 2.45) is 5.41 Å². The van der Waals surface area contributed by atoms with E-state index in [1.165, 1.54) is 0 Å². The molecule has 174 valence electrons. The van der Waals surface area contributed by atoms with Gasteiger partial charge in [0.25, 0.3) is 0 Å². The van der Waals surface area contributed by atoms with Gasteiger partial charge in [0.2, 0.25) is 0 Å². The fraction of sp³-hybridized carbons (Fsp3) is 0.818. The SMILES string of the molecule is CC1(C)COC(c2ccc([C@@H](CO[Si](C)(C)C(C)(C)C)N[S@@](=O)C(C)(C)C)s2)OC1. The number of thiophene rings is 1. The van der Waals surface area contributed by atoms with Crippen molar-refractivity contribution in [3.05, 3.63) is 21.9 Å². The molecular formula is C22H41NO4S2Si. The molecule has 2 rings (SSSR count). The molecule has 0 aliphatic carbocycles. The van der Waals surface area contributed by atoms with E-state index in [0.717, 1.165) is 9.75 Å². The summed E-state index contributed by atoms with van der Waals surface area (Å²) in [5, 5.41) is 0.123. The monoisotopic (exact) mass is 475 g/mol. The summed E-state index contributed by atoms with van der Waals surface area (Å²) in [4.78, 5) is 2.14. The van der Waals surface area contributed by atoms with Gasteiger partial charge in [0.1, 0.15) is 0 Å².